The maximum Gasteiger partial charge on any atom is 0.261 e. The molecule has 42 heavy (non-hydrogen) atoms. The zero-order valence-corrected chi connectivity index (χ0v) is 24.8. The van der Waals surface area contributed by atoms with Crippen LogP contribution in [-0.2, 0) is 24.1 Å². The van der Waals surface area contributed by atoms with Gasteiger partial charge >= 0.3 is 0 Å². The van der Waals surface area contributed by atoms with E-state index in [2.05, 4.69) is 61.1 Å². The topological polar surface area (TPSA) is 90.0 Å². The molecule has 4 aromatic rings. The lowest BCUT2D eigenvalue weighted by molar-refractivity contribution is -0.107. The van der Waals surface area contributed by atoms with Crippen molar-refractivity contribution >= 4 is 12.0 Å². The number of carbonyl (C=O) groups excluding carboxylic acids is 1. The van der Waals surface area contributed by atoms with E-state index in [0.717, 1.165) is 69.6 Å². The monoisotopic (exact) mass is 560 g/mol. The fourth-order valence-corrected chi connectivity index (χ4v) is 4.58. The van der Waals surface area contributed by atoms with Crippen LogP contribution in [0.4, 0.5) is 0 Å². The standard InChI is InChI=1S/C33H34N4O.C3H6O/c1-5-9-32-31(33(38)37(22-36-32)28-18-14-24(15-19-28)20-27(34)6-2)21-25-12-16-26(17-13-25)30-11-8-7-10-29(30)23(3)35-4;1-2-3-4/h2,7-8,10-19,22,27,35H,3,5,9,20-21,34H2,1,4H3;3H,2H2,1H3. The maximum atomic E-state index is 13.7. The SMILES string of the molecule is C#CC(N)Cc1ccc(-n2cnc(CCC)c(Cc3ccc(-c4ccccc4C(=C)NC)cc3)c2=O)cc1.CCC=O. The molecule has 0 radical (unpaired) electrons. The van der Waals surface area contributed by atoms with Gasteiger partial charge in [0.25, 0.3) is 5.56 Å². The first-order chi connectivity index (χ1) is 20.4. The number of carbonyl (C=O) groups is 1. The van der Waals surface area contributed by atoms with Gasteiger partial charge in [0.15, 0.2) is 0 Å². The van der Waals surface area contributed by atoms with Gasteiger partial charge in [-0.3, -0.25) is 9.36 Å². The lowest BCUT2D eigenvalue weighted by Crippen LogP contribution is -2.25. The van der Waals surface area contributed by atoms with Gasteiger partial charge in [0, 0.05) is 36.7 Å². The number of aldehydes is 1. The molecule has 1 aromatic heterocycles. The molecule has 216 valence electrons. The molecule has 6 nitrogen and oxygen atoms in total. The zero-order valence-electron chi connectivity index (χ0n) is 24.8. The molecule has 1 unspecified atom stereocenters. The van der Waals surface area contributed by atoms with E-state index in [1.54, 1.807) is 10.9 Å². The molecule has 0 saturated heterocycles. The first-order valence-corrected chi connectivity index (χ1v) is 14.3. The predicted octanol–water partition coefficient (Wildman–Crippen LogP) is 5.73. The number of nitrogens with two attached hydrogens (primary N) is 1. The highest BCUT2D eigenvalue weighted by Crippen LogP contribution is 2.28. The largest absolute Gasteiger partial charge is 0.388 e. The third-order valence-corrected chi connectivity index (χ3v) is 6.89. The minimum atomic E-state index is -0.327. The Morgan fingerprint density at radius 3 is 2.31 bits per heavy atom. The molecule has 0 amide bonds. The van der Waals surface area contributed by atoms with Crippen LogP contribution in [-0.4, -0.2) is 28.9 Å². The fourth-order valence-electron chi connectivity index (χ4n) is 4.58. The molecular formula is C36H40N4O2. The maximum absolute atomic E-state index is 13.7. The van der Waals surface area contributed by atoms with Crippen LogP contribution in [0.15, 0.2) is 90.5 Å². The Morgan fingerprint density at radius 2 is 1.71 bits per heavy atom. The third kappa shape index (κ3) is 8.15. The number of nitrogens with one attached hydrogen (secondary N) is 1. The lowest BCUT2D eigenvalue weighted by atomic mass is 9.95. The van der Waals surface area contributed by atoms with Gasteiger partial charge in [0.1, 0.15) is 12.6 Å². The van der Waals surface area contributed by atoms with Gasteiger partial charge in [-0.2, -0.15) is 0 Å². The van der Waals surface area contributed by atoms with Crippen molar-refractivity contribution in [3.8, 4) is 29.2 Å². The van der Waals surface area contributed by atoms with E-state index in [0.29, 0.717) is 19.3 Å². The van der Waals surface area contributed by atoms with Crippen LogP contribution < -0.4 is 16.6 Å². The summed E-state index contributed by atoms with van der Waals surface area (Å²) in [4.78, 5) is 27.5. The molecular weight excluding hydrogens is 520 g/mol. The normalized spacial score (nSPS) is 11.0. The van der Waals surface area contributed by atoms with E-state index in [-0.39, 0.29) is 11.6 Å². The van der Waals surface area contributed by atoms with Gasteiger partial charge in [0.2, 0.25) is 0 Å². The summed E-state index contributed by atoms with van der Waals surface area (Å²) in [5.74, 6) is 2.55. The van der Waals surface area contributed by atoms with Crippen LogP contribution in [0.5, 0.6) is 0 Å². The van der Waals surface area contributed by atoms with Crippen molar-refractivity contribution < 1.29 is 4.79 Å². The number of benzene rings is 3. The van der Waals surface area contributed by atoms with Crippen LogP contribution in [0.25, 0.3) is 22.5 Å². The number of aryl methyl sites for hydroxylation is 1. The van der Waals surface area contributed by atoms with E-state index >= 15 is 0 Å². The van der Waals surface area contributed by atoms with Gasteiger partial charge in [-0.25, -0.2) is 4.98 Å². The molecule has 0 fully saturated rings. The van der Waals surface area contributed by atoms with Crippen molar-refractivity contribution in [3.05, 3.63) is 124 Å². The molecule has 6 heteroatoms. The van der Waals surface area contributed by atoms with E-state index in [4.69, 9.17) is 17.1 Å². The van der Waals surface area contributed by atoms with Gasteiger partial charge in [-0.05, 0) is 47.2 Å². The zero-order chi connectivity index (χ0) is 30.5. The van der Waals surface area contributed by atoms with Crippen LogP contribution in [0.3, 0.4) is 0 Å². The molecule has 0 spiro atoms. The summed E-state index contributed by atoms with van der Waals surface area (Å²) < 4.78 is 1.62. The highest BCUT2D eigenvalue weighted by Gasteiger charge is 2.14. The van der Waals surface area contributed by atoms with Crippen LogP contribution in [0, 0.1) is 12.3 Å². The number of nitrogens with zero attached hydrogens (tertiary/aromatic N) is 2. The van der Waals surface area contributed by atoms with Crippen LogP contribution in [0.2, 0.25) is 0 Å². The smallest absolute Gasteiger partial charge is 0.261 e. The Kier molecular flexibility index (Phi) is 12.0. The first kappa shape index (κ1) is 31.8. The quantitative estimate of drug-likeness (QED) is 0.181. The Hall–Kier alpha value is -4.73. The van der Waals surface area contributed by atoms with E-state index in [9.17, 15) is 9.59 Å². The van der Waals surface area contributed by atoms with E-state index in [1.807, 2.05) is 50.4 Å². The summed E-state index contributed by atoms with van der Waals surface area (Å²) >= 11 is 0. The second-order valence-electron chi connectivity index (χ2n) is 9.96. The Morgan fingerprint density at radius 1 is 1.07 bits per heavy atom. The Balaban J connectivity index is 0.00000114. The van der Waals surface area contributed by atoms with Crippen molar-refractivity contribution in [2.45, 2.75) is 52.0 Å². The van der Waals surface area contributed by atoms with Gasteiger partial charge in [0.05, 0.1) is 17.4 Å². The number of rotatable bonds is 11. The number of hydrogen-bond donors (Lipinski definition) is 2. The Bertz CT molecular complexity index is 1580. The molecule has 0 saturated carbocycles. The summed E-state index contributed by atoms with van der Waals surface area (Å²) in [6, 6.07) is 24.0. The minimum Gasteiger partial charge on any atom is -0.388 e. The van der Waals surface area contributed by atoms with E-state index in [1.165, 1.54) is 0 Å². The average Bonchev–Trinajstić information content (AvgIpc) is 3.03. The molecule has 0 aliphatic heterocycles. The molecule has 1 atom stereocenters. The summed E-state index contributed by atoms with van der Waals surface area (Å²) in [5, 5.41) is 3.14. The fraction of sp³-hybridized carbons (Fsp3) is 0.250. The molecule has 3 N–H and O–H groups in total. The summed E-state index contributed by atoms with van der Waals surface area (Å²) in [6.07, 6.45) is 11.3. The van der Waals surface area contributed by atoms with Crippen molar-refractivity contribution in [2.24, 2.45) is 5.73 Å². The lowest BCUT2D eigenvalue weighted by Gasteiger charge is -2.14. The molecule has 0 aliphatic carbocycles. The van der Waals surface area contributed by atoms with Crippen molar-refractivity contribution in [3.63, 3.8) is 0 Å². The third-order valence-electron chi connectivity index (χ3n) is 6.89. The van der Waals surface area contributed by atoms with E-state index < -0.39 is 0 Å². The molecule has 4 rings (SSSR count). The molecule has 1 heterocycles. The number of aromatic nitrogens is 2. The van der Waals surface area contributed by atoms with Gasteiger partial charge in [-0.15, -0.1) is 6.42 Å². The second-order valence-corrected chi connectivity index (χ2v) is 9.96. The first-order valence-electron chi connectivity index (χ1n) is 14.3. The minimum absolute atomic E-state index is 0.0451. The number of hydrogen-bond acceptors (Lipinski definition) is 5. The highest BCUT2D eigenvalue weighted by atomic mass is 16.1. The van der Waals surface area contributed by atoms with Crippen molar-refractivity contribution in [1.29, 1.82) is 0 Å². The van der Waals surface area contributed by atoms with Crippen LogP contribution >= 0.6 is 0 Å². The second kappa shape index (κ2) is 15.9. The van der Waals surface area contributed by atoms with Gasteiger partial charge < -0.3 is 15.8 Å². The summed E-state index contributed by atoms with van der Waals surface area (Å²) in [6.45, 7) is 8.04. The average molecular weight is 561 g/mol. The predicted molar refractivity (Wildman–Crippen MR) is 173 cm³/mol. The van der Waals surface area contributed by atoms with Gasteiger partial charge in [-0.1, -0.05) is 93.4 Å². The molecule has 0 aliphatic rings. The van der Waals surface area contributed by atoms with Crippen molar-refractivity contribution in [1.82, 2.24) is 14.9 Å². The van der Waals surface area contributed by atoms with Crippen LogP contribution in [0.1, 0.15) is 54.6 Å². The summed E-state index contributed by atoms with van der Waals surface area (Å²) in [7, 11) is 1.87. The highest BCUT2D eigenvalue weighted by molar-refractivity contribution is 5.79. The summed E-state index contributed by atoms with van der Waals surface area (Å²) in [5.41, 5.74) is 14.4. The Labute approximate surface area is 249 Å². The molecule has 0 bridgehead atoms. The number of terminal acetylenes is 1. The van der Waals surface area contributed by atoms with Crippen molar-refractivity contribution in [2.75, 3.05) is 7.05 Å². The molecule has 3 aromatic carbocycles.